The van der Waals surface area contributed by atoms with Gasteiger partial charge in [0.2, 0.25) is 0 Å². The number of H-pyrrole nitrogens is 1. The molecule has 0 fully saturated rings. The molecule has 0 saturated carbocycles. The zero-order chi connectivity index (χ0) is 29.0. The average molecular weight is 576 g/mol. The number of allylic oxidation sites excluding steroid dienone is 1. The van der Waals surface area contributed by atoms with Crippen molar-refractivity contribution in [3.8, 4) is 11.3 Å². The summed E-state index contributed by atoms with van der Waals surface area (Å²) in [5.41, 5.74) is 14.7. The second-order valence-corrected chi connectivity index (χ2v) is 11.9. The lowest BCUT2D eigenvalue weighted by molar-refractivity contribution is 0.522. The normalized spacial score (nSPS) is 15.7. The molecule has 6 aromatic rings. The van der Waals surface area contributed by atoms with Crippen LogP contribution in [0.1, 0.15) is 61.9 Å². The Balaban J connectivity index is 1.39. The Bertz CT molecular complexity index is 2000. The summed E-state index contributed by atoms with van der Waals surface area (Å²) in [6.07, 6.45) is 8.00. The van der Waals surface area contributed by atoms with E-state index in [9.17, 15) is 0 Å². The van der Waals surface area contributed by atoms with E-state index in [1.165, 1.54) is 11.1 Å². The van der Waals surface area contributed by atoms with E-state index < -0.39 is 0 Å². The summed E-state index contributed by atoms with van der Waals surface area (Å²) in [6, 6.07) is 19.1. The number of aromatic nitrogens is 5. The minimum Gasteiger partial charge on any atom is -0.382 e. The van der Waals surface area contributed by atoms with Gasteiger partial charge in [0, 0.05) is 23.9 Å². The van der Waals surface area contributed by atoms with Crippen LogP contribution in [-0.2, 0) is 6.42 Å². The van der Waals surface area contributed by atoms with Crippen molar-refractivity contribution in [3.63, 3.8) is 0 Å². The zero-order valence-corrected chi connectivity index (χ0v) is 24.8. The number of nitrogens with two attached hydrogens (primary N) is 1. The molecule has 0 spiro atoms. The number of aromatic amines is 1. The Morgan fingerprint density at radius 3 is 2.64 bits per heavy atom. The van der Waals surface area contributed by atoms with Gasteiger partial charge in [0.15, 0.2) is 0 Å². The number of nitrogens with one attached hydrogen (secondary N) is 2. The van der Waals surface area contributed by atoms with Gasteiger partial charge in [0.1, 0.15) is 28.7 Å². The van der Waals surface area contributed by atoms with Crippen LogP contribution in [0, 0.1) is 0 Å². The van der Waals surface area contributed by atoms with Gasteiger partial charge in [-0.1, -0.05) is 74.0 Å². The maximum absolute atomic E-state index is 6.65. The van der Waals surface area contributed by atoms with Gasteiger partial charge in [-0.15, -0.1) is 0 Å². The van der Waals surface area contributed by atoms with E-state index in [4.69, 9.17) is 32.3 Å². The Kier molecular flexibility index (Phi) is 6.72. The highest BCUT2D eigenvalue weighted by atomic mass is 35.5. The number of para-hydroxylation sites is 1. The molecule has 42 heavy (non-hydrogen) atoms. The Morgan fingerprint density at radius 2 is 1.90 bits per heavy atom. The van der Waals surface area contributed by atoms with Gasteiger partial charge < -0.3 is 16.0 Å². The Morgan fingerprint density at radius 1 is 1.07 bits per heavy atom. The topological polar surface area (TPSA) is 96.9 Å². The highest BCUT2D eigenvalue weighted by Crippen LogP contribution is 2.39. The molecule has 0 saturated heterocycles. The third kappa shape index (κ3) is 4.44. The molecule has 212 valence electrons. The summed E-state index contributed by atoms with van der Waals surface area (Å²) >= 11 is 6.41. The predicted octanol–water partition coefficient (Wildman–Crippen LogP) is 7.53. The van der Waals surface area contributed by atoms with Gasteiger partial charge in [0.05, 0.1) is 27.9 Å². The van der Waals surface area contributed by atoms with Crippen LogP contribution in [0.3, 0.4) is 0 Å². The van der Waals surface area contributed by atoms with Gasteiger partial charge >= 0.3 is 0 Å². The average Bonchev–Trinajstić information content (AvgIpc) is 3.61. The lowest BCUT2D eigenvalue weighted by Crippen LogP contribution is -2.26. The molecule has 1 aliphatic carbocycles. The number of anilines is 1. The number of hydrogen-bond acceptors (Lipinski definition) is 5. The fourth-order valence-electron chi connectivity index (χ4n) is 6.33. The first-order chi connectivity index (χ1) is 20.4. The van der Waals surface area contributed by atoms with Crippen molar-refractivity contribution in [2.24, 2.45) is 0 Å². The molecule has 0 amide bonds. The molecule has 1 atom stereocenters. The van der Waals surface area contributed by atoms with Crippen LogP contribution in [0.2, 0.25) is 5.02 Å². The second kappa shape index (κ2) is 10.6. The van der Waals surface area contributed by atoms with Crippen molar-refractivity contribution in [1.29, 1.82) is 0 Å². The monoisotopic (exact) mass is 575 g/mol. The molecule has 1 aliphatic rings. The van der Waals surface area contributed by atoms with Crippen molar-refractivity contribution < 1.29 is 0 Å². The fraction of sp³-hybridized carbons (Fsp3) is 0.265. The van der Waals surface area contributed by atoms with Crippen LogP contribution >= 0.6 is 11.6 Å². The number of benzene rings is 3. The van der Waals surface area contributed by atoms with Crippen LogP contribution in [0.25, 0.3) is 44.2 Å². The molecule has 0 bridgehead atoms. The maximum atomic E-state index is 6.65. The van der Waals surface area contributed by atoms with E-state index in [2.05, 4.69) is 71.0 Å². The Labute approximate surface area is 249 Å². The van der Waals surface area contributed by atoms with Crippen LogP contribution in [0.5, 0.6) is 0 Å². The van der Waals surface area contributed by atoms with Crippen molar-refractivity contribution in [1.82, 2.24) is 29.7 Å². The van der Waals surface area contributed by atoms with Gasteiger partial charge in [0.25, 0.3) is 0 Å². The highest BCUT2D eigenvalue weighted by Gasteiger charge is 2.25. The summed E-state index contributed by atoms with van der Waals surface area (Å²) in [6.45, 7) is 4.37. The van der Waals surface area contributed by atoms with E-state index in [0.717, 1.165) is 75.2 Å². The van der Waals surface area contributed by atoms with Crippen molar-refractivity contribution in [3.05, 3.63) is 94.8 Å². The third-order valence-electron chi connectivity index (χ3n) is 8.52. The molecule has 3 heterocycles. The zero-order valence-electron chi connectivity index (χ0n) is 24.1. The van der Waals surface area contributed by atoms with E-state index in [1.54, 1.807) is 0 Å². The summed E-state index contributed by atoms with van der Waals surface area (Å²) in [5.74, 6) is 2.56. The maximum Gasteiger partial charge on any atom is 0.150 e. The smallest absolute Gasteiger partial charge is 0.150 e. The molecule has 8 heteroatoms. The minimum absolute atomic E-state index is 0.200. The first kappa shape index (κ1) is 26.7. The second-order valence-electron chi connectivity index (χ2n) is 11.5. The molecular formula is C34H34ClN7. The Hall–Kier alpha value is -4.20. The first-order valence-electron chi connectivity index (χ1n) is 14.6. The molecule has 7 nitrogen and oxygen atoms in total. The third-order valence-corrected chi connectivity index (χ3v) is 8.84. The number of nitrogen functional groups attached to an aromatic ring is 1. The quantitative estimate of drug-likeness (QED) is 0.191. The fourth-order valence-corrected chi connectivity index (χ4v) is 6.55. The number of hydrogen-bond donors (Lipinski definition) is 3. The summed E-state index contributed by atoms with van der Waals surface area (Å²) in [5, 5.41) is 6.37. The van der Waals surface area contributed by atoms with Crippen LogP contribution < -0.4 is 11.1 Å². The number of nitrogens with zero attached hydrogens (tertiary/aromatic N) is 4. The molecule has 1 unspecified atom stereocenters. The molecule has 0 aliphatic heterocycles. The lowest BCUT2D eigenvalue weighted by Gasteiger charge is -2.22. The lowest BCUT2D eigenvalue weighted by atomic mass is 9.93. The van der Waals surface area contributed by atoms with Crippen LogP contribution in [0.4, 0.5) is 5.82 Å². The number of imidazole rings is 2. The van der Waals surface area contributed by atoms with Gasteiger partial charge in [-0.05, 0) is 60.4 Å². The van der Waals surface area contributed by atoms with Crippen LogP contribution in [0.15, 0.2) is 66.9 Å². The van der Waals surface area contributed by atoms with Crippen molar-refractivity contribution in [2.75, 3.05) is 12.8 Å². The van der Waals surface area contributed by atoms with Gasteiger partial charge in [-0.25, -0.2) is 15.0 Å². The standard InChI is InChI=1S/C34H34ClN7/c1-19(2)34-41-30(32-33(36)38-18-28(42(32)34)20-11-14-22(37-3)15-12-20)25-16-13-21(23-7-4-5-8-24(23)25)17-29-39-27-10-6-9-26(35)31(27)40-29/h4-11,13,16,18-19,22,37H,12,14-15,17H2,1-3H3,(H2,36,38)(H,39,40). The highest BCUT2D eigenvalue weighted by molar-refractivity contribution is 6.34. The van der Waals surface area contributed by atoms with Gasteiger partial charge in [-0.2, -0.15) is 0 Å². The van der Waals surface area contributed by atoms with Crippen LogP contribution in [-0.4, -0.2) is 37.4 Å². The molecule has 0 radical (unpaired) electrons. The number of halogens is 1. The van der Waals surface area contributed by atoms with Gasteiger partial charge in [-0.3, -0.25) is 4.40 Å². The van der Waals surface area contributed by atoms with E-state index in [1.807, 2.05) is 31.4 Å². The van der Waals surface area contributed by atoms with Crippen molar-refractivity contribution in [2.45, 2.75) is 51.5 Å². The summed E-state index contributed by atoms with van der Waals surface area (Å²) in [4.78, 5) is 18.2. The van der Waals surface area contributed by atoms with E-state index in [0.29, 0.717) is 23.3 Å². The summed E-state index contributed by atoms with van der Waals surface area (Å²) < 4.78 is 2.26. The molecule has 7 rings (SSSR count). The minimum atomic E-state index is 0.200. The SMILES string of the molecule is CNC1CC=C(c2cnc(N)c3c(-c4ccc(Cc5nc6cccc(Cl)c6[nH]5)c5ccccc45)nc(C(C)C)n23)CC1. The molecule has 3 aromatic carbocycles. The van der Waals surface area contributed by atoms with E-state index >= 15 is 0 Å². The number of rotatable bonds is 6. The summed E-state index contributed by atoms with van der Waals surface area (Å²) in [7, 11) is 2.04. The molecular weight excluding hydrogens is 542 g/mol. The number of fused-ring (bicyclic) bond motifs is 3. The molecule has 3 aromatic heterocycles. The largest absolute Gasteiger partial charge is 0.382 e. The van der Waals surface area contributed by atoms with Crippen molar-refractivity contribution >= 4 is 50.3 Å². The first-order valence-corrected chi connectivity index (χ1v) is 15.0. The molecule has 4 N–H and O–H groups in total. The van der Waals surface area contributed by atoms with E-state index in [-0.39, 0.29) is 5.92 Å². The predicted molar refractivity (Wildman–Crippen MR) is 173 cm³/mol.